The Morgan fingerprint density at radius 3 is 2.54 bits per heavy atom. The molecule has 0 aliphatic carbocycles. The van der Waals surface area contributed by atoms with Crippen LogP contribution < -0.4 is 0 Å². The normalized spacial score (nSPS) is 14.2. The molecule has 0 radical (unpaired) electrons. The third-order valence-electron chi connectivity index (χ3n) is 3.72. The summed E-state index contributed by atoms with van der Waals surface area (Å²) in [5.41, 5.74) is -4.78. The monoisotopic (exact) mass is 431 g/mol. The lowest BCUT2D eigenvalue weighted by molar-refractivity contribution is -0.207. The summed E-state index contributed by atoms with van der Waals surface area (Å²) in [5, 5.41) is 21.0. The van der Waals surface area contributed by atoms with Crippen LogP contribution in [0.2, 0.25) is 0 Å². The minimum atomic E-state index is -4.07. The van der Waals surface area contributed by atoms with Crippen molar-refractivity contribution in [3.63, 3.8) is 0 Å². The number of aromatic nitrogens is 5. The summed E-state index contributed by atoms with van der Waals surface area (Å²) in [4.78, 5) is 3.66. The molecule has 2 heterocycles. The highest BCUT2D eigenvalue weighted by molar-refractivity contribution is 9.10. The van der Waals surface area contributed by atoms with E-state index in [2.05, 4.69) is 36.4 Å². The van der Waals surface area contributed by atoms with Crippen molar-refractivity contribution in [1.29, 1.82) is 0 Å². The molecular formula is C15H10BrF4N5O. The van der Waals surface area contributed by atoms with Crippen molar-refractivity contribution in [2.24, 2.45) is 0 Å². The number of benzene rings is 1. The van der Waals surface area contributed by atoms with Gasteiger partial charge >= 0.3 is 5.92 Å². The van der Waals surface area contributed by atoms with Crippen molar-refractivity contribution in [2.75, 3.05) is 0 Å². The van der Waals surface area contributed by atoms with Crippen molar-refractivity contribution in [1.82, 2.24) is 25.2 Å². The van der Waals surface area contributed by atoms with Crippen LogP contribution in [-0.2, 0) is 18.1 Å². The van der Waals surface area contributed by atoms with Crippen LogP contribution in [0.15, 0.2) is 47.3 Å². The van der Waals surface area contributed by atoms with Crippen LogP contribution in [0.1, 0.15) is 11.3 Å². The molecule has 0 aliphatic rings. The SMILES string of the molecule is OC(Cn1cnnn1)(c1ccc(F)cc1F)C(F)(F)c1cccc(Br)n1. The molecule has 11 heteroatoms. The Balaban J connectivity index is 2.19. The van der Waals surface area contributed by atoms with Gasteiger partial charge in [0.2, 0.25) is 0 Å². The molecule has 0 saturated carbocycles. The van der Waals surface area contributed by atoms with Crippen LogP contribution in [0.4, 0.5) is 17.6 Å². The van der Waals surface area contributed by atoms with Crippen LogP contribution >= 0.6 is 15.9 Å². The summed E-state index contributed by atoms with van der Waals surface area (Å²) in [6, 6.07) is 5.62. The van der Waals surface area contributed by atoms with Crippen molar-refractivity contribution in [3.8, 4) is 0 Å². The molecule has 0 aliphatic heterocycles. The van der Waals surface area contributed by atoms with Crippen molar-refractivity contribution < 1.29 is 22.7 Å². The molecule has 0 amide bonds. The van der Waals surface area contributed by atoms with E-state index >= 15 is 8.78 Å². The van der Waals surface area contributed by atoms with E-state index in [4.69, 9.17) is 0 Å². The van der Waals surface area contributed by atoms with Crippen LogP contribution in [-0.4, -0.2) is 30.3 Å². The summed E-state index contributed by atoms with van der Waals surface area (Å²) in [6.07, 6.45) is 0.983. The van der Waals surface area contributed by atoms with Gasteiger partial charge in [0.05, 0.1) is 6.54 Å². The van der Waals surface area contributed by atoms with Crippen LogP contribution in [0.5, 0.6) is 0 Å². The van der Waals surface area contributed by atoms with E-state index in [1.807, 2.05) is 0 Å². The Labute approximate surface area is 152 Å². The molecule has 0 spiro atoms. The van der Waals surface area contributed by atoms with Crippen LogP contribution in [0.25, 0.3) is 0 Å². The second-order valence-corrected chi connectivity index (χ2v) is 6.22. The van der Waals surface area contributed by atoms with E-state index in [1.54, 1.807) is 0 Å². The van der Waals surface area contributed by atoms with Gasteiger partial charge in [-0.05, 0) is 50.6 Å². The number of hydrogen-bond acceptors (Lipinski definition) is 5. The van der Waals surface area contributed by atoms with Gasteiger partial charge < -0.3 is 5.11 Å². The summed E-state index contributed by atoms with van der Waals surface area (Å²) in [6.45, 7) is -0.899. The van der Waals surface area contributed by atoms with Crippen molar-refractivity contribution in [3.05, 3.63) is 70.2 Å². The third-order valence-corrected chi connectivity index (χ3v) is 4.16. The van der Waals surface area contributed by atoms with Crippen LogP contribution in [0, 0.1) is 11.6 Å². The smallest absolute Gasteiger partial charge is 0.323 e. The Bertz CT molecular complexity index is 924. The summed E-state index contributed by atoms with van der Waals surface area (Å²) in [5.74, 6) is -6.38. The van der Waals surface area contributed by atoms with Gasteiger partial charge in [-0.15, -0.1) is 5.10 Å². The first kappa shape index (κ1) is 18.4. The number of hydrogen-bond donors (Lipinski definition) is 1. The largest absolute Gasteiger partial charge is 0.377 e. The van der Waals surface area contributed by atoms with Crippen molar-refractivity contribution >= 4 is 15.9 Å². The fraction of sp³-hybridized carbons (Fsp3) is 0.200. The molecule has 1 N–H and O–H groups in total. The number of alkyl halides is 2. The Kier molecular flexibility index (Phi) is 4.76. The first-order valence-electron chi connectivity index (χ1n) is 7.13. The summed E-state index contributed by atoms with van der Waals surface area (Å²) >= 11 is 2.97. The van der Waals surface area contributed by atoms with E-state index in [0.29, 0.717) is 6.07 Å². The van der Waals surface area contributed by atoms with Gasteiger partial charge in [0, 0.05) is 11.6 Å². The van der Waals surface area contributed by atoms with E-state index in [9.17, 15) is 13.9 Å². The quantitative estimate of drug-likeness (QED) is 0.496. The van der Waals surface area contributed by atoms with Gasteiger partial charge in [-0.2, -0.15) is 8.78 Å². The summed E-state index contributed by atoms with van der Waals surface area (Å²) < 4.78 is 58.9. The number of aliphatic hydroxyl groups is 1. The van der Waals surface area contributed by atoms with Gasteiger partial charge in [0.1, 0.15) is 28.3 Å². The number of nitrogens with zero attached hydrogens (tertiary/aromatic N) is 5. The van der Waals surface area contributed by atoms with Gasteiger partial charge in [0.15, 0.2) is 5.60 Å². The molecule has 136 valence electrons. The molecular weight excluding hydrogens is 422 g/mol. The molecule has 0 bridgehead atoms. The second kappa shape index (κ2) is 6.72. The van der Waals surface area contributed by atoms with E-state index < -0.39 is 41.0 Å². The van der Waals surface area contributed by atoms with Gasteiger partial charge in [0.25, 0.3) is 0 Å². The van der Waals surface area contributed by atoms with Gasteiger partial charge in [-0.1, -0.05) is 6.07 Å². The fourth-order valence-electron chi connectivity index (χ4n) is 2.46. The minimum Gasteiger partial charge on any atom is -0.377 e. The topological polar surface area (TPSA) is 76.7 Å². The average molecular weight is 432 g/mol. The molecule has 6 nitrogen and oxygen atoms in total. The molecule has 26 heavy (non-hydrogen) atoms. The molecule has 0 saturated heterocycles. The van der Waals surface area contributed by atoms with Crippen LogP contribution in [0.3, 0.4) is 0 Å². The average Bonchev–Trinajstić information content (AvgIpc) is 3.07. The minimum absolute atomic E-state index is 0.0963. The van der Waals surface area contributed by atoms with E-state index in [1.165, 1.54) is 12.1 Å². The first-order valence-corrected chi connectivity index (χ1v) is 7.93. The standard InChI is InChI=1S/C15H10BrF4N5O/c16-13-3-1-2-12(22-13)15(19,20)14(26,7-25-8-21-23-24-25)10-5-4-9(17)6-11(10)18/h1-6,8,26H,7H2. The van der Waals surface area contributed by atoms with E-state index in [0.717, 1.165) is 29.2 Å². The lowest BCUT2D eigenvalue weighted by atomic mass is 9.84. The Morgan fingerprint density at radius 1 is 1.15 bits per heavy atom. The van der Waals surface area contributed by atoms with Crippen molar-refractivity contribution in [2.45, 2.75) is 18.1 Å². The zero-order valence-corrected chi connectivity index (χ0v) is 14.4. The fourth-order valence-corrected chi connectivity index (χ4v) is 2.80. The Hall–Kier alpha value is -2.40. The molecule has 3 rings (SSSR count). The number of rotatable bonds is 5. The maximum atomic E-state index is 15.3. The molecule has 3 aromatic rings. The predicted molar refractivity (Wildman–Crippen MR) is 83.9 cm³/mol. The predicted octanol–water partition coefficient (Wildman–Crippen LogP) is 2.79. The lowest BCUT2D eigenvalue weighted by Gasteiger charge is -2.35. The maximum Gasteiger partial charge on any atom is 0.323 e. The van der Waals surface area contributed by atoms with Gasteiger partial charge in [-0.3, -0.25) is 0 Å². The first-order chi connectivity index (χ1) is 12.2. The number of halogens is 5. The van der Waals surface area contributed by atoms with Gasteiger partial charge in [-0.25, -0.2) is 18.4 Å². The van der Waals surface area contributed by atoms with E-state index in [-0.39, 0.29) is 4.60 Å². The molecule has 1 atom stereocenters. The lowest BCUT2D eigenvalue weighted by Crippen LogP contribution is -2.48. The third kappa shape index (κ3) is 3.19. The highest BCUT2D eigenvalue weighted by Gasteiger charge is 2.58. The molecule has 2 aromatic heterocycles. The zero-order valence-electron chi connectivity index (χ0n) is 12.8. The Morgan fingerprint density at radius 2 is 1.92 bits per heavy atom. The maximum absolute atomic E-state index is 15.3. The molecule has 1 aromatic carbocycles. The highest BCUT2D eigenvalue weighted by Crippen LogP contribution is 2.46. The molecule has 0 fully saturated rings. The second-order valence-electron chi connectivity index (χ2n) is 5.41. The highest BCUT2D eigenvalue weighted by atomic mass is 79.9. The number of pyridine rings is 1. The summed E-state index contributed by atoms with van der Waals surface area (Å²) in [7, 11) is 0. The molecule has 1 unspecified atom stereocenters. The number of tetrazole rings is 1. The zero-order chi connectivity index (χ0) is 18.9.